The molecule has 0 unspecified atom stereocenters. The van der Waals surface area contributed by atoms with E-state index in [0.29, 0.717) is 17.7 Å². The second-order valence-corrected chi connectivity index (χ2v) is 6.17. The summed E-state index contributed by atoms with van der Waals surface area (Å²) in [7, 11) is 0. The van der Waals surface area contributed by atoms with Gasteiger partial charge in [-0.1, -0.05) is 66.7 Å². The molecule has 3 heteroatoms. The molecule has 2 amide bonds. The smallest absolute Gasteiger partial charge is 0.261 e. The van der Waals surface area contributed by atoms with Gasteiger partial charge in [0.2, 0.25) is 0 Å². The topological polar surface area (TPSA) is 37.4 Å². The highest BCUT2D eigenvalue weighted by atomic mass is 16.2. The minimum Gasteiger partial charge on any atom is -0.270 e. The monoisotopic (exact) mass is 327 g/mol. The fourth-order valence-electron chi connectivity index (χ4n) is 3.25. The molecule has 1 heterocycles. The molecule has 0 N–H and O–H groups in total. The second-order valence-electron chi connectivity index (χ2n) is 6.17. The van der Waals surface area contributed by atoms with Crippen LogP contribution in [0.3, 0.4) is 0 Å². The zero-order valence-electron chi connectivity index (χ0n) is 13.7. The number of rotatable bonds is 4. The van der Waals surface area contributed by atoms with Gasteiger partial charge in [0.25, 0.3) is 11.8 Å². The van der Waals surface area contributed by atoms with Crippen LogP contribution in [0.5, 0.6) is 0 Å². The number of imide groups is 1. The van der Waals surface area contributed by atoms with Crippen molar-refractivity contribution in [1.29, 1.82) is 0 Å². The van der Waals surface area contributed by atoms with E-state index in [1.807, 2.05) is 36.4 Å². The third kappa shape index (κ3) is 2.85. The standard InChI is InChI=1S/C22H17NO2/c24-21-19-12-6-7-13-20(19)22(25)23(21)15-18-11-5-4-10-17(18)14-16-8-2-1-3-9-16/h1-13H,14-15H2. The van der Waals surface area contributed by atoms with Gasteiger partial charge in [-0.15, -0.1) is 0 Å². The van der Waals surface area contributed by atoms with Crippen LogP contribution in [0.15, 0.2) is 78.9 Å². The van der Waals surface area contributed by atoms with Crippen LogP contribution in [0.1, 0.15) is 37.4 Å². The van der Waals surface area contributed by atoms with E-state index in [1.54, 1.807) is 24.3 Å². The summed E-state index contributed by atoms with van der Waals surface area (Å²) in [6.07, 6.45) is 0.778. The second kappa shape index (κ2) is 6.36. The molecule has 1 aliphatic heterocycles. The predicted molar refractivity (Wildman–Crippen MR) is 96.3 cm³/mol. The van der Waals surface area contributed by atoms with E-state index >= 15 is 0 Å². The Bertz CT molecular complexity index is 912. The number of amides is 2. The molecule has 3 aromatic rings. The lowest BCUT2D eigenvalue weighted by atomic mass is 9.99. The maximum absolute atomic E-state index is 12.6. The van der Waals surface area contributed by atoms with Crippen LogP contribution in [0.25, 0.3) is 0 Å². The van der Waals surface area contributed by atoms with Gasteiger partial charge in [-0.25, -0.2) is 0 Å². The quantitative estimate of drug-likeness (QED) is 0.677. The lowest BCUT2D eigenvalue weighted by molar-refractivity contribution is 0.0642. The maximum atomic E-state index is 12.6. The Hall–Kier alpha value is -3.20. The number of carbonyl (C=O) groups is 2. The van der Waals surface area contributed by atoms with E-state index in [4.69, 9.17) is 0 Å². The highest BCUT2D eigenvalue weighted by Gasteiger charge is 2.35. The van der Waals surface area contributed by atoms with Gasteiger partial charge in [-0.3, -0.25) is 14.5 Å². The lowest BCUT2D eigenvalue weighted by Crippen LogP contribution is -2.29. The number of hydrogen-bond acceptors (Lipinski definition) is 2. The van der Waals surface area contributed by atoms with Gasteiger partial charge in [0, 0.05) is 0 Å². The van der Waals surface area contributed by atoms with Crippen molar-refractivity contribution in [3.8, 4) is 0 Å². The Morgan fingerprint density at radius 1 is 0.600 bits per heavy atom. The van der Waals surface area contributed by atoms with E-state index < -0.39 is 0 Å². The molecule has 122 valence electrons. The lowest BCUT2D eigenvalue weighted by Gasteiger charge is -2.17. The summed E-state index contributed by atoms with van der Waals surface area (Å²) in [5, 5.41) is 0. The number of carbonyl (C=O) groups excluding carboxylic acids is 2. The van der Waals surface area contributed by atoms with Crippen LogP contribution in [0, 0.1) is 0 Å². The Balaban J connectivity index is 1.62. The minimum atomic E-state index is -0.213. The van der Waals surface area contributed by atoms with Crippen LogP contribution in [0.4, 0.5) is 0 Å². The Morgan fingerprint density at radius 3 is 1.76 bits per heavy atom. The third-order valence-electron chi connectivity index (χ3n) is 4.56. The maximum Gasteiger partial charge on any atom is 0.261 e. The number of nitrogens with zero attached hydrogens (tertiary/aromatic N) is 1. The summed E-state index contributed by atoms with van der Waals surface area (Å²) in [6.45, 7) is 0.301. The molecule has 0 fully saturated rings. The predicted octanol–water partition coefficient (Wildman–Crippen LogP) is 4.07. The van der Waals surface area contributed by atoms with Crippen molar-refractivity contribution in [2.75, 3.05) is 0 Å². The summed E-state index contributed by atoms with van der Waals surface area (Å²) in [4.78, 5) is 26.5. The first kappa shape index (κ1) is 15.3. The van der Waals surface area contributed by atoms with E-state index in [-0.39, 0.29) is 11.8 Å². The van der Waals surface area contributed by atoms with Crippen molar-refractivity contribution in [1.82, 2.24) is 4.90 Å². The van der Waals surface area contributed by atoms with Crippen LogP contribution in [-0.2, 0) is 13.0 Å². The van der Waals surface area contributed by atoms with Crippen LogP contribution < -0.4 is 0 Å². The van der Waals surface area contributed by atoms with Crippen molar-refractivity contribution in [2.45, 2.75) is 13.0 Å². The zero-order chi connectivity index (χ0) is 17.2. The molecule has 3 aromatic carbocycles. The molecule has 0 saturated carbocycles. The van der Waals surface area contributed by atoms with Crippen molar-refractivity contribution in [3.63, 3.8) is 0 Å². The van der Waals surface area contributed by atoms with Crippen molar-refractivity contribution in [3.05, 3.63) is 107 Å². The van der Waals surface area contributed by atoms with Gasteiger partial charge in [-0.2, -0.15) is 0 Å². The highest BCUT2D eigenvalue weighted by Crippen LogP contribution is 2.25. The molecular formula is C22H17NO2. The number of hydrogen-bond donors (Lipinski definition) is 0. The van der Waals surface area contributed by atoms with Gasteiger partial charge in [0.1, 0.15) is 0 Å². The Kier molecular flexibility index (Phi) is 3.90. The molecule has 0 spiro atoms. The first-order chi connectivity index (χ1) is 12.2. The van der Waals surface area contributed by atoms with Gasteiger partial charge in [-0.05, 0) is 35.2 Å². The van der Waals surface area contributed by atoms with E-state index in [1.165, 1.54) is 10.5 Å². The molecule has 0 bridgehead atoms. The van der Waals surface area contributed by atoms with Crippen LogP contribution >= 0.6 is 0 Å². The van der Waals surface area contributed by atoms with Crippen molar-refractivity contribution in [2.24, 2.45) is 0 Å². The molecule has 0 atom stereocenters. The first-order valence-corrected chi connectivity index (χ1v) is 8.30. The van der Waals surface area contributed by atoms with E-state index in [2.05, 4.69) is 18.2 Å². The normalized spacial score (nSPS) is 13.2. The summed E-state index contributed by atoms with van der Waals surface area (Å²) in [5.41, 5.74) is 4.32. The largest absolute Gasteiger partial charge is 0.270 e. The van der Waals surface area contributed by atoms with Gasteiger partial charge >= 0.3 is 0 Å². The van der Waals surface area contributed by atoms with Crippen LogP contribution in [0.2, 0.25) is 0 Å². The number of fused-ring (bicyclic) bond motifs is 1. The van der Waals surface area contributed by atoms with Crippen molar-refractivity contribution < 1.29 is 9.59 Å². The zero-order valence-corrected chi connectivity index (χ0v) is 13.7. The Morgan fingerprint density at radius 2 is 1.12 bits per heavy atom. The fourth-order valence-corrected chi connectivity index (χ4v) is 3.25. The average Bonchev–Trinajstić information content (AvgIpc) is 2.89. The molecule has 0 saturated heterocycles. The number of benzene rings is 3. The van der Waals surface area contributed by atoms with E-state index in [0.717, 1.165) is 17.5 Å². The summed E-state index contributed by atoms with van der Waals surface area (Å²) in [6, 6.07) is 25.2. The SMILES string of the molecule is O=C1c2ccccc2C(=O)N1Cc1ccccc1Cc1ccccc1. The molecule has 0 aromatic heterocycles. The summed E-state index contributed by atoms with van der Waals surface area (Å²) < 4.78 is 0. The molecule has 0 aliphatic carbocycles. The van der Waals surface area contributed by atoms with Crippen LogP contribution in [-0.4, -0.2) is 16.7 Å². The molecule has 1 aliphatic rings. The van der Waals surface area contributed by atoms with Gasteiger partial charge < -0.3 is 0 Å². The molecule has 25 heavy (non-hydrogen) atoms. The molecule has 3 nitrogen and oxygen atoms in total. The fraction of sp³-hybridized carbons (Fsp3) is 0.0909. The van der Waals surface area contributed by atoms with E-state index in [9.17, 15) is 9.59 Å². The minimum absolute atomic E-state index is 0.213. The summed E-state index contributed by atoms with van der Waals surface area (Å²) >= 11 is 0. The van der Waals surface area contributed by atoms with Gasteiger partial charge in [0.15, 0.2) is 0 Å². The summed E-state index contributed by atoms with van der Waals surface area (Å²) in [5.74, 6) is -0.426. The molecule has 4 rings (SSSR count). The van der Waals surface area contributed by atoms with Crippen molar-refractivity contribution >= 4 is 11.8 Å². The molecule has 0 radical (unpaired) electrons. The molecular weight excluding hydrogens is 310 g/mol. The Labute approximate surface area is 146 Å². The third-order valence-corrected chi connectivity index (χ3v) is 4.56. The van der Waals surface area contributed by atoms with Gasteiger partial charge in [0.05, 0.1) is 17.7 Å². The first-order valence-electron chi connectivity index (χ1n) is 8.30. The highest BCUT2D eigenvalue weighted by molar-refractivity contribution is 6.21. The average molecular weight is 327 g/mol.